The van der Waals surface area contributed by atoms with Crippen molar-refractivity contribution in [3.05, 3.63) is 11.9 Å². The van der Waals surface area contributed by atoms with Crippen molar-refractivity contribution in [1.82, 2.24) is 20.2 Å². The number of nitrogens with zero attached hydrogens (tertiary/aromatic N) is 3. The van der Waals surface area contributed by atoms with Crippen molar-refractivity contribution in [3.8, 4) is 0 Å². The first kappa shape index (κ1) is 20.7. The van der Waals surface area contributed by atoms with Gasteiger partial charge in [-0.2, -0.15) is 4.98 Å². The van der Waals surface area contributed by atoms with Crippen LogP contribution in [0, 0.1) is 5.41 Å². The lowest BCUT2D eigenvalue weighted by molar-refractivity contribution is -0.575. The van der Waals surface area contributed by atoms with Gasteiger partial charge in [0.2, 0.25) is 5.82 Å². The second-order valence-electron chi connectivity index (χ2n) is 6.65. The highest BCUT2D eigenvalue weighted by Gasteiger charge is 2.15. The molecular weight excluding hydrogens is 346 g/mol. The molecule has 0 saturated carbocycles. The van der Waals surface area contributed by atoms with Crippen LogP contribution in [0.15, 0.2) is 6.33 Å². The minimum Gasteiger partial charge on any atom is -0.362 e. The molecule has 26 heavy (non-hydrogen) atoms. The molecule has 1 aliphatic rings. The van der Waals surface area contributed by atoms with Gasteiger partial charge in [-0.25, -0.2) is 4.98 Å². The Balaban J connectivity index is 1.89. The Bertz CT molecular complexity index is 571. The second kappa shape index (κ2) is 11.9. The van der Waals surface area contributed by atoms with Crippen LogP contribution in [0.1, 0.15) is 51.0 Å². The summed E-state index contributed by atoms with van der Waals surface area (Å²) in [6.07, 6.45) is 10.3. The third kappa shape index (κ3) is 6.93. The zero-order valence-electron chi connectivity index (χ0n) is 15.8. The van der Waals surface area contributed by atoms with E-state index in [4.69, 9.17) is 17.6 Å². The van der Waals surface area contributed by atoms with E-state index in [9.17, 15) is 0 Å². The lowest BCUT2D eigenvalue weighted by Crippen LogP contribution is -2.80. The summed E-state index contributed by atoms with van der Waals surface area (Å²) in [7, 11) is 0. The van der Waals surface area contributed by atoms with E-state index in [1.54, 1.807) is 0 Å². The molecule has 144 valence electrons. The van der Waals surface area contributed by atoms with Gasteiger partial charge >= 0.3 is 0 Å². The molecule has 2 rings (SSSR count). The number of likely N-dealkylation sites (tertiary alicyclic amines) is 1. The first-order valence-electron chi connectivity index (χ1n) is 9.70. The predicted molar refractivity (Wildman–Crippen MR) is 110 cm³/mol. The van der Waals surface area contributed by atoms with Crippen molar-refractivity contribution in [3.63, 3.8) is 0 Å². The summed E-state index contributed by atoms with van der Waals surface area (Å²) >= 11 is 5.31. The fourth-order valence-electron chi connectivity index (χ4n) is 3.09. The van der Waals surface area contributed by atoms with E-state index in [2.05, 4.69) is 37.7 Å². The molecule has 1 saturated heterocycles. The summed E-state index contributed by atoms with van der Waals surface area (Å²) in [6, 6.07) is 0. The normalized spacial score (nSPS) is 15.3. The molecule has 2 heterocycles. The minimum absolute atomic E-state index is 0.538. The van der Waals surface area contributed by atoms with Crippen molar-refractivity contribution >= 4 is 35.2 Å². The number of anilines is 1. The van der Waals surface area contributed by atoms with Gasteiger partial charge < -0.3 is 16.0 Å². The van der Waals surface area contributed by atoms with Crippen LogP contribution in [-0.4, -0.2) is 58.9 Å². The Kier molecular flexibility index (Phi) is 9.44. The van der Waals surface area contributed by atoms with Gasteiger partial charge in [-0.15, -0.1) is 0 Å². The molecule has 0 radical (unpaired) electrons. The third-order valence-corrected chi connectivity index (χ3v) is 4.83. The Hall–Kier alpha value is -1.64. The molecule has 0 atom stereocenters. The van der Waals surface area contributed by atoms with Gasteiger partial charge in [-0.1, -0.05) is 26.2 Å². The van der Waals surface area contributed by atoms with Crippen molar-refractivity contribution in [2.24, 2.45) is 0 Å². The molecule has 0 bridgehead atoms. The molecule has 0 unspecified atom stereocenters. The van der Waals surface area contributed by atoms with Crippen LogP contribution >= 0.6 is 12.2 Å². The zero-order valence-corrected chi connectivity index (χ0v) is 16.6. The lowest BCUT2D eigenvalue weighted by Gasteiger charge is -2.18. The van der Waals surface area contributed by atoms with Gasteiger partial charge in [-0.05, 0) is 44.6 Å². The number of nitrogens with two attached hydrogens (primary N) is 1. The van der Waals surface area contributed by atoms with Crippen molar-refractivity contribution in [1.29, 1.82) is 5.41 Å². The van der Waals surface area contributed by atoms with Gasteiger partial charge in [0.05, 0.1) is 6.54 Å². The second-order valence-corrected chi connectivity index (χ2v) is 7.06. The predicted octanol–water partition coefficient (Wildman–Crippen LogP) is 1.63. The van der Waals surface area contributed by atoms with Crippen molar-refractivity contribution < 1.29 is 5.32 Å². The Labute approximate surface area is 161 Å². The summed E-state index contributed by atoms with van der Waals surface area (Å²) in [5, 5.41) is 16.7. The third-order valence-electron chi connectivity index (χ3n) is 4.59. The molecule has 8 heteroatoms. The van der Waals surface area contributed by atoms with Crippen molar-refractivity contribution in [2.45, 2.75) is 45.4 Å². The average molecular weight is 379 g/mol. The van der Waals surface area contributed by atoms with Crippen LogP contribution in [0.5, 0.6) is 0 Å². The van der Waals surface area contributed by atoms with E-state index < -0.39 is 0 Å². The smallest absolute Gasteiger partial charge is 0.238 e. The van der Waals surface area contributed by atoms with Crippen LogP contribution in [-0.2, 0) is 0 Å². The molecule has 1 aromatic rings. The number of unbranched alkanes of at least 4 members (excludes halogenated alkanes) is 1. The van der Waals surface area contributed by atoms with Gasteiger partial charge in [0.15, 0.2) is 10.9 Å². The fraction of sp³-hybridized carbons (Fsp3) is 0.667. The van der Waals surface area contributed by atoms with Crippen LogP contribution in [0.25, 0.3) is 0 Å². The van der Waals surface area contributed by atoms with E-state index in [0.717, 1.165) is 38.3 Å². The van der Waals surface area contributed by atoms with E-state index in [1.807, 2.05) is 0 Å². The maximum atomic E-state index is 7.76. The number of hydrogen-bond acceptors (Lipinski definition) is 5. The quantitative estimate of drug-likeness (QED) is 0.296. The summed E-state index contributed by atoms with van der Waals surface area (Å²) in [5.74, 6) is 1.38. The first-order valence-corrected chi connectivity index (χ1v) is 10.1. The largest absolute Gasteiger partial charge is 0.362 e. The first-order chi connectivity index (χ1) is 12.7. The number of aromatic nitrogens is 2. The molecule has 1 aliphatic heterocycles. The van der Waals surface area contributed by atoms with Crippen LogP contribution in [0.4, 0.5) is 11.6 Å². The maximum Gasteiger partial charge on any atom is 0.238 e. The lowest BCUT2D eigenvalue weighted by atomic mass is 10.2. The molecule has 0 amide bonds. The van der Waals surface area contributed by atoms with Gasteiger partial charge in [0.1, 0.15) is 11.9 Å². The van der Waals surface area contributed by atoms with Crippen LogP contribution in [0.2, 0.25) is 0 Å². The number of rotatable bonds is 9. The Morgan fingerprint density at radius 2 is 2.08 bits per heavy atom. The van der Waals surface area contributed by atoms with Crippen molar-refractivity contribution in [2.75, 3.05) is 38.0 Å². The van der Waals surface area contributed by atoms with Gasteiger partial charge in [-0.3, -0.25) is 10.2 Å². The van der Waals surface area contributed by atoms with E-state index in [1.165, 1.54) is 51.3 Å². The molecule has 5 N–H and O–H groups in total. The molecular formula is C18H32N7S+. The van der Waals surface area contributed by atoms with E-state index in [-0.39, 0.29) is 0 Å². The van der Waals surface area contributed by atoms with E-state index >= 15 is 0 Å². The summed E-state index contributed by atoms with van der Waals surface area (Å²) in [6.45, 7) is 7.34. The fourth-order valence-corrected chi connectivity index (χ4v) is 3.29. The molecule has 0 spiro atoms. The van der Waals surface area contributed by atoms with Gasteiger partial charge in [0, 0.05) is 19.3 Å². The average Bonchev–Trinajstić information content (AvgIpc) is 2.91. The standard InChI is InChI=1S/C18H31N7S/c1-2-3-8-21-18(26)24-17-15(13-19)16(22-14-23-17)20-9-12-25-10-6-4-5-7-11-25/h13-14,19H,2-12H2,1H3,(H3,20,21,22,23,24,26)/p+1. The van der Waals surface area contributed by atoms with Gasteiger partial charge in [0.25, 0.3) is 0 Å². The number of thiocarbonyl (C=S) groups is 1. The summed E-state index contributed by atoms with van der Waals surface area (Å²) in [5.41, 5.74) is 0.683. The van der Waals surface area contributed by atoms with Crippen LogP contribution < -0.4 is 16.0 Å². The highest BCUT2D eigenvalue weighted by atomic mass is 32.1. The molecule has 1 fully saturated rings. The number of nitrogens with one attached hydrogen (secondary N) is 3. The zero-order chi connectivity index (χ0) is 18.6. The highest BCUT2D eigenvalue weighted by molar-refractivity contribution is 7.80. The summed E-state index contributed by atoms with van der Waals surface area (Å²) in [4.78, 5) is 11.1. The molecule has 0 aromatic carbocycles. The SMILES string of the molecule is CCCCNC(=S)Nc1ncnc([NH2+]CCN2CCCCCC2)c1C=N. The maximum absolute atomic E-state index is 7.76. The number of hydrogen-bond donors (Lipinski definition) is 4. The monoisotopic (exact) mass is 378 g/mol. The Morgan fingerprint density at radius 3 is 2.77 bits per heavy atom. The molecule has 1 aromatic heterocycles. The summed E-state index contributed by atoms with van der Waals surface area (Å²) < 4.78 is 0. The van der Waals surface area contributed by atoms with Crippen LogP contribution in [0.3, 0.4) is 0 Å². The highest BCUT2D eigenvalue weighted by Crippen LogP contribution is 2.13. The number of quaternary nitrogens is 1. The topological polar surface area (TPSA) is 93.5 Å². The molecule has 0 aliphatic carbocycles. The minimum atomic E-state index is 0.538. The molecule has 7 nitrogen and oxygen atoms in total. The van der Waals surface area contributed by atoms with E-state index in [0.29, 0.717) is 16.5 Å². The Morgan fingerprint density at radius 1 is 1.31 bits per heavy atom.